The van der Waals surface area contributed by atoms with Gasteiger partial charge in [-0.2, -0.15) is 0 Å². The first-order chi connectivity index (χ1) is 11.9. The minimum atomic E-state index is -0.450. The highest BCUT2D eigenvalue weighted by molar-refractivity contribution is 6.33. The van der Waals surface area contributed by atoms with Crippen LogP contribution in [0.15, 0.2) is 36.4 Å². The predicted molar refractivity (Wildman–Crippen MR) is 95.9 cm³/mol. The molecule has 0 fully saturated rings. The summed E-state index contributed by atoms with van der Waals surface area (Å²) < 4.78 is 23.5. The summed E-state index contributed by atoms with van der Waals surface area (Å²) in [6.07, 6.45) is 0. The van der Waals surface area contributed by atoms with Gasteiger partial charge in [-0.3, -0.25) is 9.69 Å². The second-order valence-corrected chi connectivity index (χ2v) is 5.94. The Morgan fingerprint density at radius 2 is 1.88 bits per heavy atom. The lowest BCUT2D eigenvalue weighted by molar-refractivity contribution is -0.117. The van der Waals surface area contributed by atoms with Crippen LogP contribution in [0.4, 0.5) is 10.1 Å². The van der Waals surface area contributed by atoms with Crippen molar-refractivity contribution in [1.82, 2.24) is 4.90 Å². The maximum Gasteiger partial charge on any atom is 0.238 e. The number of nitrogens with one attached hydrogen (secondary N) is 1. The van der Waals surface area contributed by atoms with Crippen LogP contribution >= 0.6 is 11.6 Å². The van der Waals surface area contributed by atoms with Gasteiger partial charge in [0.15, 0.2) is 11.5 Å². The Kier molecular flexibility index (Phi) is 6.61. The van der Waals surface area contributed by atoms with Crippen molar-refractivity contribution in [3.8, 4) is 11.5 Å². The molecule has 0 heterocycles. The third kappa shape index (κ3) is 5.34. The van der Waals surface area contributed by atoms with Crippen molar-refractivity contribution in [3.05, 3.63) is 52.8 Å². The minimum Gasteiger partial charge on any atom is -0.493 e. The van der Waals surface area contributed by atoms with Gasteiger partial charge in [-0.25, -0.2) is 4.39 Å². The monoisotopic (exact) mass is 366 g/mol. The molecule has 0 unspecified atom stereocenters. The van der Waals surface area contributed by atoms with E-state index in [-0.39, 0.29) is 17.5 Å². The summed E-state index contributed by atoms with van der Waals surface area (Å²) in [6.45, 7) is 0.701. The molecule has 5 nitrogen and oxygen atoms in total. The van der Waals surface area contributed by atoms with E-state index in [1.54, 1.807) is 14.2 Å². The van der Waals surface area contributed by atoms with Gasteiger partial charge in [0.1, 0.15) is 5.82 Å². The number of benzene rings is 2. The Balaban J connectivity index is 1.95. The van der Waals surface area contributed by atoms with Gasteiger partial charge in [-0.1, -0.05) is 17.7 Å². The number of ether oxygens (including phenoxy) is 2. The zero-order chi connectivity index (χ0) is 18.4. The van der Waals surface area contributed by atoms with Gasteiger partial charge in [0, 0.05) is 6.54 Å². The molecule has 0 saturated carbocycles. The van der Waals surface area contributed by atoms with Crippen LogP contribution in [-0.4, -0.2) is 38.6 Å². The zero-order valence-corrected chi connectivity index (χ0v) is 15.1. The molecule has 0 bridgehead atoms. The Hall–Kier alpha value is -2.31. The molecule has 0 aliphatic rings. The van der Waals surface area contributed by atoms with Crippen molar-refractivity contribution < 1.29 is 18.7 Å². The van der Waals surface area contributed by atoms with Crippen molar-refractivity contribution in [1.29, 1.82) is 0 Å². The summed E-state index contributed by atoms with van der Waals surface area (Å²) in [5.41, 5.74) is 1.36. The molecule has 2 aromatic rings. The van der Waals surface area contributed by atoms with Gasteiger partial charge in [0.05, 0.1) is 31.5 Å². The summed E-state index contributed by atoms with van der Waals surface area (Å²) in [4.78, 5) is 14.0. The smallest absolute Gasteiger partial charge is 0.238 e. The fourth-order valence-electron chi connectivity index (χ4n) is 2.37. The van der Waals surface area contributed by atoms with E-state index >= 15 is 0 Å². The average molecular weight is 367 g/mol. The lowest BCUT2D eigenvalue weighted by atomic mass is 10.2. The fraction of sp³-hybridized carbons (Fsp3) is 0.278. The van der Waals surface area contributed by atoms with Crippen molar-refractivity contribution in [2.24, 2.45) is 0 Å². The van der Waals surface area contributed by atoms with Gasteiger partial charge in [-0.15, -0.1) is 0 Å². The van der Waals surface area contributed by atoms with Gasteiger partial charge >= 0.3 is 0 Å². The first-order valence-corrected chi connectivity index (χ1v) is 7.95. The maximum atomic E-state index is 13.0. The van der Waals surface area contributed by atoms with E-state index in [4.69, 9.17) is 21.1 Å². The molecule has 0 spiro atoms. The largest absolute Gasteiger partial charge is 0.493 e. The molecule has 7 heteroatoms. The highest BCUT2D eigenvalue weighted by atomic mass is 35.5. The number of carbonyl (C=O) groups is 1. The Morgan fingerprint density at radius 3 is 2.52 bits per heavy atom. The van der Waals surface area contributed by atoms with Crippen LogP contribution in [-0.2, 0) is 11.3 Å². The normalized spacial score (nSPS) is 10.6. The average Bonchev–Trinajstić information content (AvgIpc) is 2.57. The molecule has 2 rings (SSSR count). The van der Waals surface area contributed by atoms with Gasteiger partial charge in [0.2, 0.25) is 5.91 Å². The Bertz CT molecular complexity index is 755. The van der Waals surface area contributed by atoms with Crippen LogP contribution in [0, 0.1) is 5.82 Å². The summed E-state index contributed by atoms with van der Waals surface area (Å²) >= 11 is 5.91. The molecule has 0 aromatic heterocycles. The number of hydrogen-bond donors (Lipinski definition) is 1. The SMILES string of the molecule is COc1ccc(CN(C)CC(=O)Nc2ccc(F)cc2Cl)cc1OC. The summed E-state index contributed by atoms with van der Waals surface area (Å²) in [5.74, 6) is 0.596. The number of likely N-dealkylation sites (N-methyl/N-ethyl adjacent to an activating group) is 1. The minimum absolute atomic E-state index is 0.155. The second kappa shape index (κ2) is 8.69. The van der Waals surface area contributed by atoms with Gasteiger partial charge in [-0.05, 0) is 42.9 Å². The summed E-state index contributed by atoms with van der Waals surface area (Å²) in [5, 5.41) is 2.83. The fourth-order valence-corrected chi connectivity index (χ4v) is 2.59. The predicted octanol–water partition coefficient (Wildman–Crippen LogP) is 3.57. The highest BCUT2D eigenvalue weighted by Gasteiger charge is 2.11. The van der Waals surface area contributed by atoms with Crippen molar-refractivity contribution >= 4 is 23.2 Å². The van der Waals surface area contributed by atoms with E-state index in [1.807, 2.05) is 30.1 Å². The second-order valence-electron chi connectivity index (χ2n) is 5.53. The maximum absolute atomic E-state index is 13.0. The molecule has 134 valence electrons. The van der Waals surface area contributed by atoms with Gasteiger partial charge in [0.25, 0.3) is 0 Å². The molecular formula is C18H20ClFN2O3. The molecule has 1 N–H and O–H groups in total. The lowest BCUT2D eigenvalue weighted by Crippen LogP contribution is -2.29. The van der Waals surface area contributed by atoms with E-state index in [9.17, 15) is 9.18 Å². The highest BCUT2D eigenvalue weighted by Crippen LogP contribution is 2.28. The molecule has 0 aliphatic carbocycles. The number of hydrogen-bond acceptors (Lipinski definition) is 4. The first kappa shape index (κ1) is 19.0. The number of nitrogens with zero attached hydrogens (tertiary/aromatic N) is 1. The molecule has 0 atom stereocenters. The number of rotatable bonds is 7. The lowest BCUT2D eigenvalue weighted by Gasteiger charge is -2.18. The van der Waals surface area contributed by atoms with Crippen LogP contribution < -0.4 is 14.8 Å². The van der Waals surface area contributed by atoms with Crippen molar-refractivity contribution in [3.63, 3.8) is 0 Å². The summed E-state index contributed by atoms with van der Waals surface area (Å²) in [7, 11) is 4.97. The number of amides is 1. The van der Waals surface area contributed by atoms with E-state index in [0.717, 1.165) is 11.6 Å². The molecule has 0 radical (unpaired) electrons. The number of halogens is 2. The molecule has 1 amide bonds. The number of carbonyl (C=O) groups excluding carboxylic acids is 1. The molecular weight excluding hydrogens is 347 g/mol. The summed E-state index contributed by atoms with van der Waals surface area (Å²) in [6, 6.07) is 9.43. The topological polar surface area (TPSA) is 50.8 Å². The van der Waals surface area contributed by atoms with Crippen molar-refractivity contribution in [2.75, 3.05) is 33.1 Å². The van der Waals surface area contributed by atoms with Crippen LogP contribution in [0.5, 0.6) is 11.5 Å². The van der Waals surface area contributed by atoms with E-state index in [2.05, 4.69) is 5.32 Å². The molecule has 0 aliphatic heterocycles. The zero-order valence-electron chi connectivity index (χ0n) is 14.3. The quantitative estimate of drug-likeness (QED) is 0.814. The Labute approximate surface area is 151 Å². The molecule has 2 aromatic carbocycles. The van der Waals surface area contributed by atoms with Crippen LogP contribution in [0.25, 0.3) is 0 Å². The number of anilines is 1. The van der Waals surface area contributed by atoms with Crippen molar-refractivity contribution in [2.45, 2.75) is 6.54 Å². The molecule has 25 heavy (non-hydrogen) atoms. The van der Waals surface area contributed by atoms with E-state index in [0.29, 0.717) is 23.7 Å². The van der Waals surface area contributed by atoms with Crippen LogP contribution in [0.3, 0.4) is 0 Å². The third-order valence-electron chi connectivity index (χ3n) is 3.52. The van der Waals surface area contributed by atoms with Crippen LogP contribution in [0.2, 0.25) is 5.02 Å². The first-order valence-electron chi connectivity index (χ1n) is 7.57. The number of methoxy groups -OCH3 is 2. The standard InChI is InChI=1S/C18H20ClFN2O3/c1-22(10-12-4-7-16(24-2)17(8-12)25-3)11-18(23)21-15-6-5-13(20)9-14(15)19/h4-9H,10-11H2,1-3H3,(H,21,23). The molecule has 0 saturated heterocycles. The van der Waals surface area contributed by atoms with Crippen LogP contribution in [0.1, 0.15) is 5.56 Å². The van der Waals surface area contributed by atoms with E-state index in [1.165, 1.54) is 12.1 Å². The third-order valence-corrected chi connectivity index (χ3v) is 3.83. The van der Waals surface area contributed by atoms with Gasteiger partial charge < -0.3 is 14.8 Å². The Morgan fingerprint density at radius 1 is 1.16 bits per heavy atom. The van der Waals surface area contributed by atoms with E-state index < -0.39 is 5.82 Å².